The van der Waals surface area contributed by atoms with E-state index < -0.39 is 5.54 Å². The number of nitrogens with zero attached hydrogens (tertiary/aromatic N) is 3. The Morgan fingerprint density at radius 3 is 2.48 bits per heavy atom. The summed E-state index contributed by atoms with van der Waals surface area (Å²) in [7, 11) is 1.55. The molecule has 1 spiro atoms. The molecule has 0 saturated carbocycles. The molecule has 0 unspecified atom stereocenters. The van der Waals surface area contributed by atoms with E-state index in [1.807, 2.05) is 38.7 Å². The number of likely N-dealkylation sites (N-methyl/N-ethyl adjacent to an activating group) is 1. The van der Waals surface area contributed by atoms with Crippen LogP contribution in [0, 0.1) is 19.8 Å². The second kappa shape index (κ2) is 7.70. The molecule has 7 nitrogen and oxygen atoms in total. The number of fused-ring (bicyclic) bond motifs is 1. The molecule has 2 aromatic rings. The van der Waals surface area contributed by atoms with Crippen LogP contribution in [-0.4, -0.2) is 64.8 Å². The summed E-state index contributed by atoms with van der Waals surface area (Å²) in [6, 6.07) is 3.86. The van der Waals surface area contributed by atoms with Crippen molar-refractivity contribution in [2.75, 3.05) is 26.7 Å². The van der Waals surface area contributed by atoms with Crippen LogP contribution in [0.3, 0.4) is 0 Å². The number of carbonyl (C=O) groups excluding carboxylic acids is 3. The van der Waals surface area contributed by atoms with Gasteiger partial charge in [-0.05, 0) is 49.8 Å². The second-order valence-corrected chi connectivity index (χ2v) is 9.46. The highest BCUT2D eigenvalue weighted by molar-refractivity contribution is 6.07. The standard InChI is InChI=1S/C24H31N3O4/c1-15(2)13-27-23(30)25(5)22(29)24(27)6-8-26(9-7-24)20(28)12-18-14-31-19-11-16(3)10-17(4)21(18)19/h10-11,14-15H,6-9,12-13H2,1-5H3. The Kier molecular flexibility index (Phi) is 5.31. The molecular weight excluding hydrogens is 394 g/mol. The van der Waals surface area contributed by atoms with Crippen molar-refractivity contribution in [2.24, 2.45) is 5.92 Å². The zero-order chi connectivity index (χ0) is 22.5. The van der Waals surface area contributed by atoms with Gasteiger partial charge in [-0.3, -0.25) is 14.5 Å². The molecule has 31 heavy (non-hydrogen) atoms. The molecule has 4 rings (SSSR count). The van der Waals surface area contributed by atoms with E-state index in [-0.39, 0.29) is 30.2 Å². The summed E-state index contributed by atoms with van der Waals surface area (Å²) in [4.78, 5) is 43.5. The SMILES string of the molecule is Cc1cc(C)c2c(CC(=O)N3CCC4(CC3)C(=O)N(C)C(=O)N4CC(C)C)coc2c1. The Morgan fingerprint density at radius 1 is 1.16 bits per heavy atom. The number of hydrogen-bond acceptors (Lipinski definition) is 4. The molecule has 166 valence electrons. The lowest BCUT2D eigenvalue weighted by Gasteiger charge is -2.42. The van der Waals surface area contributed by atoms with Gasteiger partial charge in [-0.1, -0.05) is 19.9 Å². The number of rotatable bonds is 4. The van der Waals surface area contributed by atoms with Crippen LogP contribution in [-0.2, 0) is 16.0 Å². The Labute approximate surface area is 182 Å². The first-order valence-electron chi connectivity index (χ1n) is 11.0. The summed E-state index contributed by atoms with van der Waals surface area (Å²) in [6.45, 7) is 9.62. The number of likely N-dealkylation sites (tertiary alicyclic amines) is 1. The number of hydrogen-bond donors (Lipinski definition) is 0. The molecule has 2 fully saturated rings. The highest BCUT2D eigenvalue weighted by Gasteiger charge is 2.57. The lowest BCUT2D eigenvalue weighted by atomic mass is 9.85. The number of aryl methyl sites for hydroxylation is 2. The van der Waals surface area contributed by atoms with E-state index in [1.54, 1.807) is 18.2 Å². The van der Waals surface area contributed by atoms with Crippen LogP contribution in [0.25, 0.3) is 11.0 Å². The Morgan fingerprint density at radius 2 is 1.84 bits per heavy atom. The molecule has 2 aliphatic heterocycles. The fraction of sp³-hybridized carbons (Fsp3) is 0.542. The first kappa shape index (κ1) is 21.4. The van der Waals surface area contributed by atoms with Crippen molar-refractivity contribution in [1.29, 1.82) is 0 Å². The predicted molar refractivity (Wildman–Crippen MR) is 118 cm³/mol. The molecule has 3 heterocycles. The van der Waals surface area contributed by atoms with Gasteiger partial charge in [-0.15, -0.1) is 0 Å². The molecule has 0 radical (unpaired) electrons. The number of benzene rings is 1. The molecule has 1 aromatic heterocycles. The fourth-order valence-electron chi connectivity index (χ4n) is 5.14. The van der Waals surface area contributed by atoms with Gasteiger partial charge >= 0.3 is 6.03 Å². The molecule has 0 bridgehead atoms. The largest absolute Gasteiger partial charge is 0.464 e. The molecule has 1 aromatic carbocycles. The summed E-state index contributed by atoms with van der Waals surface area (Å²) in [5, 5.41) is 1.01. The van der Waals surface area contributed by atoms with Crippen LogP contribution in [0.1, 0.15) is 43.4 Å². The number of amides is 4. The highest BCUT2D eigenvalue weighted by atomic mass is 16.3. The topological polar surface area (TPSA) is 74.1 Å². The van der Waals surface area contributed by atoms with Crippen molar-refractivity contribution < 1.29 is 18.8 Å². The lowest BCUT2D eigenvalue weighted by Crippen LogP contribution is -2.58. The minimum atomic E-state index is -0.816. The third-order valence-electron chi connectivity index (χ3n) is 6.66. The average molecular weight is 426 g/mol. The molecule has 2 aliphatic rings. The van der Waals surface area contributed by atoms with Crippen LogP contribution in [0.15, 0.2) is 22.8 Å². The molecule has 2 saturated heterocycles. The van der Waals surface area contributed by atoms with E-state index in [2.05, 4.69) is 6.07 Å². The number of imide groups is 1. The predicted octanol–water partition coefficient (Wildman–Crippen LogP) is 3.50. The number of urea groups is 1. The maximum Gasteiger partial charge on any atom is 0.327 e. The third kappa shape index (κ3) is 3.50. The zero-order valence-electron chi connectivity index (χ0n) is 19.0. The van der Waals surface area contributed by atoms with Crippen molar-refractivity contribution in [1.82, 2.24) is 14.7 Å². The Hall–Kier alpha value is -2.83. The Balaban J connectivity index is 1.49. The van der Waals surface area contributed by atoms with E-state index in [9.17, 15) is 14.4 Å². The van der Waals surface area contributed by atoms with Crippen LogP contribution < -0.4 is 0 Å². The van der Waals surface area contributed by atoms with Gasteiger partial charge in [0.1, 0.15) is 11.1 Å². The normalized spacial score (nSPS) is 18.8. The van der Waals surface area contributed by atoms with Gasteiger partial charge < -0.3 is 14.2 Å². The van der Waals surface area contributed by atoms with Crippen molar-refractivity contribution >= 4 is 28.8 Å². The van der Waals surface area contributed by atoms with Gasteiger partial charge in [-0.2, -0.15) is 0 Å². The van der Waals surface area contributed by atoms with Crippen LogP contribution in [0.2, 0.25) is 0 Å². The van der Waals surface area contributed by atoms with E-state index in [0.29, 0.717) is 32.5 Å². The van der Waals surface area contributed by atoms with Gasteiger partial charge in [0.05, 0.1) is 12.7 Å². The quantitative estimate of drug-likeness (QED) is 0.703. The first-order valence-corrected chi connectivity index (χ1v) is 11.0. The van der Waals surface area contributed by atoms with E-state index in [0.717, 1.165) is 27.7 Å². The molecule has 0 aliphatic carbocycles. The average Bonchev–Trinajstić information content (AvgIpc) is 3.18. The summed E-state index contributed by atoms with van der Waals surface area (Å²) in [5.41, 5.74) is 3.12. The molecule has 4 amide bonds. The molecule has 0 atom stereocenters. The van der Waals surface area contributed by atoms with Crippen molar-refractivity contribution in [3.8, 4) is 0 Å². The first-order chi connectivity index (χ1) is 14.6. The minimum Gasteiger partial charge on any atom is -0.464 e. The van der Waals surface area contributed by atoms with Crippen LogP contribution in [0.5, 0.6) is 0 Å². The minimum absolute atomic E-state index is 0.0260. The summed E-state index contributed by atoms with van der Waals surface area (Å²) >= 11 is 0. The van der Waals surface area contributed by atoms with Crippen molar-refractivity contribution in [2.45, 2.75) is 52.5 Å². The molecular formula is C24H31N3O4. The molecule has 0 N–H and O–H groups in total. The maximum atomic E-state index is 13.1. The van der Waals surface area contributed by atoms with E-state index in [4.69, 9.17) is 4.42 Å². The smallest absolute Gasteiger partial charge is 0.327 e. The number of furan rings is 1. The molecule has 7 heteroatoms. The van der Waals surface area contributed by atoms with E-state index in [1.165, 1.54) is 4.90 Å². The van der Waals surface area contributed by atoms with Crippen LogP contribution >= 0.6 is 0 Å². The fourth-order valence-corrected chi connectivity index (χ4v) is 5.14. The van der Waals surface area contributed by atoms with Crippen molar-refractivity contribution in [3.63, 3.8) is 0 Å². The third-order valence-corrected chi connectivity index (χ3v) is 6.66. The Bertz CT molecular complexity index is 1050. The van der Waals surface area contributed by atoms with Gasteiger partial charge in [-0.25, -0.2) is 4.79 Å². The highest BCUT2D eigenvalue weighted by Crippen LogP contribution is 2.37. The zero-order valence-corrected chi connectivity index (χ0v) is 19.0. The summed E-state index contributed by atoms with van der Waals surface area (Å²) in [5.74, 6) is 0.149. The second-order valence-electron chi connectivity index (χ2n) is 9.46. The van der Waals surface area contributed by atoms with Crippen molar-refractivity contribution in [3.05, 3.63) is 35.1 Å². The van der Waals surface area contributed by atoms with E-state index >= 15 is 0 Å². The number of carbonyl (C=O) groups is 3. The summed E-state index contributed by atoms with van der Waals surface area (Å²) in [6.07, 6.45) is 2.90. The summed E-state index contributed by atoms with van der Waals surface area (Å²) < 4.78 is 5.70. The number of piperidine rings is 1. The van der Waals surface area contributed by atoms with Gasteiger partial charge in [0, 0.05) is 37.6 Å². The lowest BCUT2D eigenvalue weighted by molar-refractivity contribution is -0.140. The van der Waals surface area contributed by atoms with Gasteiger partial charge in [0.25, 0.3) is 5.91 Å². The van der Waals surface area contributed by atoms with Gasteiger partial charge in [0.15, 0.2) is 0 Å². The monoisotopic (exact) mass is 425 g/mol. The maximum absolute atomic E-state index is 13.1. The van der Waals surface area contributed by atoms with Crippen LogP contribution in [0.4, 0.5) is 4.79 Å². The van der Waals surface area contributed by atoms with Gasteiger partial charge in [0.2, 0.25) is 5.91 Å².